The van der Waals surface area contributed by atoms with Crippen LogP contribution in [-0.4, -0.2) is 0 Å². The van der Waals surface area contributed by atoms with Crippen molar-refractivity contribution in [3.63, 3.8) is 0 Å². The third kappa shape index (κ3) is 2.56. The molecule has 2 nitrogen and oxygen atoms in total. The smallest absolute Gasteiger partial charge is 0.127 e. The quantitative estimate of drug-likeness (QED) is 0.710. The second-order valence-corrected chi connectivity index (χ2v) is 5.05. The molecule has 0 saturated heterocycles. The summed E-state index contributed by atoms with van der Waals surface area (Å²) in [6.07, 6.45) is 0. The summed E-state index contributed by atoms with van der Waals surface area (Å²) in [4.78, 5) is 0. The van der Waals surface area contributed by atoms with E-state index in [0.717, 1.165) is 22.1 Å². The molecule has 0 amide bonds. The number of benzene rings is 3. The lowest BCUT2D eigenvalue weighted by molar-refractivity contribution is 0.311. The Morgan fingerprint density at radius 3 is 2.65 bits per heavy atom. The molecular weight excluding hydrogens is 270 g/mol. The predicted octanol–water partition coefficient (Wildman–Crippen LogP) is 4.65. The molecule has 100 valence electrons. The Morgan fingerprint density at radius 2 is 1.75 bits per heavy atom. The molecule has 0 heterocycles. The van der Waals surface area contributed by atoms with E-state index in [1.165, 1.54) is 0 Å². The van der Waals surface area contributed by atoms with Gasteiger partial charge in [0.05, 0.1) is 0 Å². The van der Waals surface area contributed by atoms with E-state index in [-0.39, 0.29) is 0 Å². The summed E-state index contributed by atoms with van der Waals surface area (Å²) in [6, 6.07) is 19.6. The van der Waals surface area contributed by atoms with Crippen molar-refractivity contribution in [1.29, 1.82) is 0 Å². The van der Waals surface area contributed by atoms with E-state index in [1.807, 2.05) is 36.4 Å². The van der Waals surface area contributed by atoms with Crippen LogP contribution in [-0.2, 0) is 6.61 Å². The van der Waals surface area contributed by atoms with E-state index in [4.69, 9.17) is 22.1 Å². The second-order valence-electron chi connectivity index (χ2n) is 4.61. The van der Waals surface area contributed by atoms with Crippen LogP contribution in [0.25, 0.3) is 10.8 Å². The number of halogens is 1. The SMILES string of the molecule is Nc1ccc(Cl)cc1COc1cccc2ccccc12. The van der Waals surface area contributed by atoms with Crippen molar-refractivity contribution < 1.29 is 4.74 Å². The summed E-state index contributed by atoms with van der Waals surface area (Å²) >= 11 is 5.98. The number of fused-ring (bicyclic) bond motifs is 1. The largest absolute Gasteiger partial charge is 0.488 e. The molecule has 0 bridgehead atoms. The number of hydrogen-bond acceptors (Lipinski definition) is 2. The van der Waals surface area contributed by atoms with Crippen molar-refractivity contribution in [1.82, 2.24) is 0 Å². The maximum atomic E-state index is 5.98. The number of nitrogens with two attached hydrogens (primary N) is 1. The second kappa shape index (κ2) is 5.43. The van der Waals surface area contributed by atoms with E-state index in [9.17, 15) is 0 Å². The molecule has 3 rings (SSSR count). The molecule has 2 N–H and O–H groups in total. The molecule has 3 aromatic rings. The fraction of sp³-hybridized carbons (Fsp3) is 0.0588. The van der Waals surface area contributed by atoms with Crippen molar-refractivity contribution in [3.8, 4) is 5.75 Å². The van der Waals surface area contributed by atoms with Gasteiger partial charge in [-0.3, -0.25) is 0 Å². The van der Waals surface area contributed by atoms with Crippen LogP contribution in [0.3, 0.4) is 0 Å². The third-order valence-electron chi connectivity index (χ3n) is 3.24. The zero-order valence-electron chi connectivity index (χ0n) is 10.8. The van der Waals surface area contributed by atoms with Gasteiger partial charge in [-0.1, -0.05) is 48.0 Å². The normalized spacial score (nSPS) is 10.7. The number of hydrogen-bond donors (Lipinski definition) is 1. The van der Waals surface area contributed by atoms with Crippen LogP contribution in [0.5, 0.6) is 5.75 Å². The summed E-state index contributed by atoms with van der Waals surface area (Å²) in [5.41, 5.74) is 7.51. The highest BCUT2D eigenvalue weighted by Gasteiger charge is 2.04. The predicted molar refractivity (Wildman–Crippen MR) is 84.1 cm³/mol. The highest BCUT2D eigenvalue weighted by atomic mass is 35.5. The average molecular weight is 284 g/mol. The molecule has 0 atom stereocenters. The van der Waals surface area contributed by atoms with Gasteiger partial charge in [-0.25, -0.2) is 0 Å². The van der Waals surface area contributed by atoms with Crippen molar-refractivity contribution >= 4 is 28.1 Å². The minimum Gasteiger partial charge on any atom is -0.488 e. The first-order chi connectivity index (χ1) is 9.74. The van der Waals surface area contributed by atoms with E-state index in [0.29, 0.717) is 17.3 Å². The molecule has 0 spiro atoms. The lowest BCUT2D eigenvalue weighted by Crippen LogP contribution is -2.00. The topological polar surface area (TPSA) is 35.2 Å². The molecule has 3 heteroatoms. The van der Waals surface area contributed by atoms with Crippen molar-refractivity contribution in [2.45, 2.75) is 6.61 Å². The first-order valence-electron chi connectivity index (χ1n) is 6.38. The number of nitrogen functional groups attached to an aromatic ring is 1. The molecule has 0 saturated carbocycles. The van der Waals surface area contributed by atoms with Crippen molar-refractivity contribution in [2.75, 3.05) is 5.73 Å². The van der Waals surface area contributed by atoms with Crippen molar-refractivity contribution in [2.24, 2.45) is 0 Å². The Kier molecular flexibility index (Phi) is 3.48. The summed E-state index contributed by atoms with van der Waals surface area (Å²) in [5, 5.41) is 2.91. The Bertz CT molecular complexity index is 750. The highest BCUT2D eigenvalue weighted by molar-refractivity contribution is 6.30. The molecule has 0 aliphatic carbocycles. The summed E-state index contributed by atoms with van der Waals surface area (Å²) in [5.74, 6) is 0.850. The third-order valence-corrected chi connectivity index (χ3v) is 3.47. The van der Waals surface area contributed by atoms with E-state index >= 15 is 0 Å². The van der Waals surface area contributed by atoms with Crippen LogP contribution in [0, 0.1) is 0 Å². The van der Waals surface area contributed by atoms with Gasteiger partial charge in [0.2, 0.25) is 0 Å². The average Bonchev–Trinajstić information content (AvgIpc) is 2.48. The first-order valence-corrected chi connectivity index (χ1v) is 6.76. The molecule has 0 unspecified atom stereocenters. The zero-order chi connectivity index (χ0) is 13.9. The Hall–Kier alpha value is -2.19. The van der Waals surface area contributed by atoms with Crippen LogP contribution in [0.1, 0.15) is 5.56 Å². The van der Waals surface area contributed by atoms with E-state index in [1.54, 1.807) is 12.1 Å². The highest BCUT2D eigenvalue weighted by Crippen LogP contribution is 2.27. The molecule has 20 heavy (non-hydrogen) atoms. The van der Waals surface area contributed by atoms with Gasteiger partial charge in [-0.05, 0) is 29.7 Å². The van der Waals surface area contributed by atoms with Crippen LogP contribution >= 0.6 is 11.6 Å². The number of ether oxygens (including phenoxy) is 1. The van der Waals surface area contributed by atoms with Gasteiger partial charge in [0.15, 0.2) is 0 Å². The molecule has 0 aliphatic rings. The van der Waals surface area contributed by atoms with Gasteiger partial charge in [0.1, 0.15) is 12.4 Å². The first kappa shape index (κ1) is 12.8. The van der Waals surface area contributed by atoms with Gasteiger partial charge in [0, 0.05) is 21.7 Å². The van der Waals surface area contributed by atoms with Crippen LogP contribution in [0.4, 0.5) is 5.69 Å². The molecular formula is C17H14ClNO. The van der Waals surface area contributed by atoms with Gasteiger partial charge in [0.25, 0.3) is 0 Å². The van der Waals surface area contributed by atoms with Crippen LogP contribution in [0.2, 0.25) is 5.02 Å². The number of anilines is 1. The summed E-state index contributed by atoms with van der Waals surface area (Å²) in [6.45, 7) is 0.403. The van der Waals surface area contributed by atoms with E-state index < -0.39 is 0 Å². The standard InChI is InChI=1S/C17H14ClNO/c18-14-8-9-16(19)13(10-14)11-20-17-7-3-5-12-4-1-2-6-15(12)17/h1-10H,11,19H2. The molecule has 0 radical (unpaired) electrons. The lowest BCUT2D eigenvalue weighted by Gasteiger charge is -2.11. The van der Waals surface area contributed by atoms with Gasteiger partial charge in [-0.2, -0.15) is 0 Å². The van der Waals surface area contributed by atoms with Gasteiger partial charge >= 0.3 is 0 Å². The fourth-order valence-corrected chi connectivity index (χ4v) is 2.37. The van der Waals surface area contributed by atoms with Crippen molar-refractivity contribution in [3.05, 3.63) is 71.2 Å². The maximum Gasteiger partial charge on any atom is 0.127 e. The minimum atomic E-state index is 0.403. The number of rotatable bonds is 3. The molecule has 0 aromatic heterocycles. The Labute approximate surface area is 122 Å². The Balaban J connectivity index is 1.89. The summed E-state index contributed by atoms with van der Waals surface area (Å²) in [7, 11) is 0. The molecule has 3 aromatic carbocycles. The lowest BCUT2D eigenvalue weighted by atomic mass is 10.1. The Morgan fingerprint density at radius 1 is 0.950 bits per heavy atom. The minimum absolute atomic E-state index is 0.403. The zero-order valence-corrected chi connectivity index (χ0v) is 11.6. The fourth-order valence-electron chi connectivity index (χ4n) is 2.18. The molecule has 0 aliphatic heterocycles. The summed E-state index contributed by atoms with van der Waals surface area (Å²) < 4.78 is 5.90. The van der Waals surface area contributed by atoms with Crippen LogP contribution in [0.15, 0.2) is 60.7 Å². The molecule has 0 fully saturated rings. The van der Waals surface area contributed by atoms with Crippen LogP contribution < -0.4 is 10.5 Å². The monoisotopic (exact) mass is 283 g/mol. The maximum absolute atomic E-state index is 5.98. The van der Waals surface area contributed by atoms with E-state index in [2.05, 4.69) is 12.1 Å². The van der Waals surface area contributed by atoms with Gasteiger partial charge in [-0.15, -0.1) is 0 Å². The van der Waals surface area contributed by atoms with Gasteiger partial charge < -0.3 is 10.5 Å².